The van der Waals surface area contributed by atoms with Crippen molar-refractivity contribution < 1.29 is 10.2 Å². The molecule has 0 amide bonds. The van der Waals surface area contributed by atoms with Gasteiger partial charge in [0.05, 0.1) is 11.7 Å². The molecule has 0 aliphatic rings. The van der Waals surface area contributed by atoms with E-state index in [1.54, 1.807) is 6.92 Å². The van der Waals surface area contributed by atoms with Gasteiger partial charge in [-0.3, -0.25) is 0 Å². The Morgan fingerprint density at radius 1 is 1.47 bits per heavy atom. The Kier molecular flexibility index (Phi) is 5.59. The van der Waals surface area contributed by atoms with E-state index in [0.29, 0.717) is 19.5 Å². The topological polar surface area (TPSA) is 52.5 Å². The molecule has 0 saturated carbocycles. The largest absolute Gasteiger partial charge is 0.389 e. The van der Waals surface area contributed by atoms with Crippen molar-refractivity contribution in [2.45, 2.75) is 32.0 Å². The fraction of sp³-hybridized carbons (Fsp3) is 0.538. The number of benzene rings is 1. The Morgan fingerprint density at radius 3 is 2.76 bits per heavy atom. The van der Waals surface area contributed by atoms with Gasteiger partial charge in [0, 0.05) is 17.6 Å². The van der Waals surface area contributed by atoms with Crippen LogP contribution in [0, 0.1) is 0 Å². The zero-order chi connectivity index (χ0) is 12.9. The fourth-order valence-electron chi connectivity index (χ4n) is 1.43. The SMILES string of the molecule is CCC(C)(O)CNCC(O)c1cccc(Br)c1. The highest BCUT2D eigenvalue weighted by atomic mass is 79.9. The average molecular weight is 302 g/mol. The first-order chi connectivity index (χ1) is 7.94. The van der Waals surface area contributed by atoms with Crippen molar-refractivity contribution in [2.75, 3.05) is 13.1 Å². The van der Waals surface area contributed by atoms with Gasteiger partial charge >= 0.3 is 0 Å². The lowest BCUT2D eigenvalue weighted by Gasteiger charge is -2.22. The third-order valence-corrected chi connectivity index (χ3v) is 3.33. The molecule has 2 unspecified atom stereocenters. The molecule has 96 valence electrons. The molecule has 1 rings (SSSR count). The Balaban J connectivity index is 2.42. The predicted molar refractivity (Wildman–Crippen MR) is 72.9 cm³/mol. The van der Waals surface area contributed by atoms with Crippen LogP contribution in [0.4, 0.5) is 0 Å². The molecule has 0 spiro atoms. The summed E-state index contributed by atoms with van der Waals surface area (Å²) in [4.78, 5) is 0. The van der Waals surface area contributed by atoms with Gasteiger partial charge in [0.1, 0.15) is 0 Å². The van der Waals surface area contributed by atoms with Crippen LogP contribution in [0.5, 0.6) is 0 Å². The predicted octanol–water partition coefficient (Wildman–Crippen LogP) is 2.23. The second-order valence-corrected chi connectivity index (χ2v) is 5.47. The second kappa shape index (κ2) is 6.50. The molecule has 0 radical (unpaired) electrons. The number of aliphatic hydroxyl groups excluding tert-OH is 1. The molecule has 0 fully saturated rings. The van der Waals surface area contributed by atoms with Crippen LogP contribution in [0.25, 0.3) is 0 Å². The van der Waals surface area contributed by atoms with Crippen LogP contribution in [0.15, 0.2) is 28.7 Å². The maximum atomic E-state index is 9.95. The van der Waals surface area contributed by atoms with Gasteiger partial charge in [-0.05, 0) is 31.0 Å². The van der Waals surface area contributed by atoms with E-state index in [9.17, 15) is 10.2 Å². The Labute approximate surface area is 111 Å². The van der Waals surface area contributed by atoms with Crippen LogP contribution in [0.2, 0.25) is 0 Å². The van der Waals surface area contributed by atoms with E-state index in [0.717, 1.165) is 10.0 Å². The van der Waals surface area contributed by atoms with Crippen LogP contribution in [0.1, 0.15) is 31.9 Å². The van der Waals surface area contributed by atoms with Gasteiger partial charge < -0.3 is 15.5 Å². The van der Waals surface area contributed by atoms with Gasteiger partial charge in [0.2, 0.25) is 0 Å². The van der Waals surface area contributed by atoms with Crippen LogP contribution in [0.3, 0.4) is 0 Å². The monoisotopic (exact) mass is 301 g/mol. The van der Waals surface area contributed by atoms with Crippen molar-refractivity contribution in [3.63, 3.8) is 0 Å². The van der Waals surface area contributed by atoms with Crippen molar-refractivity contribution >= 4 is 15.9 Å². The minimum atomic E-state index is -0.711. The molecule has 3 nitrogen and oxygen atoms in total. The lowest BCUT2D eigenvalue weighted by molar-refractivity contribution is 0.0516. The normalized spacial score (nSPS) is 16.5. The molecule has 0 heterocycles. The molecule has 2 atom stereocenters. The smallest absolute Gasteiger partial charge is 0.0914 e. The Hall–Kier alpha value is -0.420. The molecule has 3 N–H and O–H groups in total. The van der Waals surface area contributed by atoms with Gasteiger partial charge in [-0.1, -0.05) is 35.0 Å². The molecule has 0 aliphatic heterocycles. The van der Waals surface area contributed by atoms with Gasteiger partial charge in [-0.25, -0.2) is 0 Å². The minimum Gasteiger partial charge on any atom is -0.389 e. The van der Waals surface area contributed by atoms with E-state index in [1.807, 2.05) is 31.2 Å². The summed E-state index contributed by atoms with van der Waals surface area (Å²) in [5.74, 6) is 0. The number of hydrogen-bond donors (Lipinski definition) is 3. The highest BCUT2D eigenvalue weighted by molar-refractivity contribution is 9.10. The molecular formula is C13H20BrNO2. The highest BCUT2D eigenvalue weighted by Gasteiger charge is 2.17. The highest BCUT2D eigenvalue weighted by Crippen LogP contribution is 2.17. The molecule has 0 aromatic heterocycles. The van der Waals surface area contributed by atoms with Gasteiger partial charge in [-0.15, -0.1) is 0 Å². The summed E-state index contributed by atoms with van der Waals surface area (Å²) in [6.45, 7) is 4.64. The lowest BCUT2D eigenvalue weighted by atomic mass is 10.0. The number of rotatable bonds is 6. The zero-order valence-corrected chi connectivity index (χ0v) is 11.9. The Morgan fingerprint density at radius 2 is 2.18 bits per heavy atom. The van der Waals surface area contributed by atoms with E-state index in [1.165, 1.54) is 0 Å². The molecule has 1 aromatic carbocycles. The van der Waals surface area contributed by atoms with Crippen LogP contribution < -0.4 is 5.32 Å². The number of halogens is 1. The summed E-state index contributed by atoms with van der Waals surface area (Å²) in [6.07, 6.45) is 0.132. The minimum absolute atomic E-state index is 0.437. The van der Waals surface area contributed by atoms with Crippen LogP contribution >= 0.6 is 15.9 Å². The van der Waals surface area contributed by atoms with Crippen LogP contribution in [-0.2, 0) is 0 Å². The van der Waals surface area contributed by atoms with Gasteiger partial charge in [-0.2, -0.15) is 0 Å². The summed E-state index contributed by atoms with van der Waals surface area (Å²) in [5.41, 5.74) is 0.153. The number of hydrogen-bond acceptors (Lipinski definition) is 3. The first-order valence-electron chi connectivity index (χ1n) is 5.81. The maximum Gasteiger partial charge on any atom is 0.0914 e. The van der Waals surface area contributed by atoms with Crippen molar-refractivity contribution in [1.82, 2.24) is 5.32 Å². The molecule has 0 bridgehead atoms. The average Bonchev–Trinajstić information content (AvgIpc) is 2.28. The van der Waals surface area contributed by atoms with Gasteiger partial charge in [0.25, 0.3) is 0 Å². The first kappa shape index (κ1) is 14.6. The maximum absolute atomic E-state index is 9.95. The van der Waals surface area contributed by atoms with Crippen LogP contribution in [-0.4, -0.2) is 28.9 Å². The summed E-state index contributed by atoms with van der Waals surface area (Å²) in [6, 6.07) is 7.59. The summed E-state index contributed by atoms with van der Waals surface area (Å²) >= 11 is 3.37. The number of nitrogens with one attached hydrogen (secondary N) is 1. The van der Waals surface area contributed by atoms with E-state index < -0.39 is 11.7 Å². The molecule has 1 aromatic rings. The molecule has 4 heteroatoms. The summed E-state index contributed by atoms with van der Waals surface area (Å²) in [5, 5.41) is 22.8. The standard InChI is InChI=1S/C13H20BrNO2/c1-3-13(2,17)9-15-8-12(16)10-5-4-6-11(14)7-10/h4-7,12,15-17H,3,8-9H2,1-2H3. The molecular weight excluding hydrogens is 282 g/mol. The Bertz CT molecular complexity index is 355. The third kappa shape index (κ3) is 5.17. The summed E-state index contributed by atoms with van der Waals surface area (Å²) < 4.78 is 0.953. The second-order valence-electron chi connectivity index (χ2n) is 4.55. The quantitative estimate of drug-likeness (QED) is 0.755. The number of aliphatic hydroxyl groups is 2. The van der Waals surface area contributed by atoms with E-state index in [-0.39, 0.29) is 0 Å². The van der Waals surface area contributed by atoms with E-state index in [4.69, 9.17) is 0 Å². The lowest BCUT2D eigenvalue weighted by Crippen LogP contribution is -2.38. The van der Waals surface area contributed by atoms with Crippen molar-refractivity contribution in [3.8, 4) is 0 Å². The summed E-state index contributed by atoms with van der Waals surface area (Å²) in [7, 11) is 0. The van der Waals surface area contributed by atoms with E-state index >= 15 is 0 Å². The first-order valence-corrected chi connectivity index (χ1v) is 6.60. The van der Waals surface area contributed by atoms with Gasteiger partial charge in [0.15, 0.2) is 0 Å². The van der Waals surface area contributed by atoms with Crippen molar-refractivity contribution in [2.24, 2.45) is 0 Å². The third-order valence-electron chi connectivity index (χ3n) is 2.84. The fourth-order valence-corrected chi connectivity index (χ4v) is 1.85. The molecule has 0 aliphatic carbocycles. The van der Waals surface area contributed by atoms with E-state index in [2.05, 4.69) is 21.2 Å². The van der Waals surface area contributed by atoms with Crippen molar-refractivity contribution in [1.29, 1.82) is 0 Å². The van der Waals surface area contributed by atoms with Crippen molar-refractivity contribution in [3.05, 3.63) is 34.3 Å². The molecule has 0 saturated heterocycles. The molecule has 17 heavy (non-hydrogen) atoms. The zero-order valence-electron chi connectivity index (χ0n) is 10.3.